The Labute approximate surface area is 219 Å². The molecule has 0 saturated carbocycles. The molecule has 2 fully saturated rings. The minimum absolute atomic E-state index is 0.0235. The third kappa shape index (κ3) is 5.24. The van der Waals surface area contributed by atoms with E-state index < -0.39 is 28.5 Å². The van der Waals surface area contributed by atoms with Crippen LogP contribution in [0.1, 0.15) is 57.2 Å². The summed E-state index contributed by atoms with van der Waals surface area (Å²) in [7, 11) is 0. The summed E-state index contributed by atoms with van der Waals surface area (Å²) in [6, 6.07) is 10.2. The maximum absolute atomic E-state index is 14.3. The monoisotopic (exact) mass is 522 g/mol. The summed E-state index contributed by atoms with van der Waals surface area (Å²) in [6.07, 6.45) is 1.87. The van der Waals surface area contributed by atoms with Crippen molar-refractivity contribution in [3.63, 3.8) is 0 Å². The molecule has 5 rings (SSSR count). The Hall–Kier alpha value is -3.84. The van der Waals surface area contributed by atoms with Crippen LogP contribution in [0.5, 0.6) is 11.5 Å². The Morgan fingerprint density at radius 3 is 2.58 bits per heavy atom. The summed E-state index contributed by atoms with van der Waals surface area (Å²) >= 11 is 0. The normalized spacial score (nSPS) is 18.9. The SMILES string of the molecule is CC(C)(C)OC(=O)N1CCC2(CC1)CC(c1cc3cc(Oc4c(F)ccc(F)c4C#N)ccc3nn1)CO2. The molecular formula is C28H28F2N4O4. The standard InChI is InChI=1S/C28H28F2N4O4/c1-27(2,3)38-26(35)34-10-8-28(9-11-34)14-18(16-36-28)24-13-17-12-19(4-7-23(17)32-33-24)37-25-20(15-31)21(29)5-6-22(25)30/h4-7,12-13,18H,8-11,14,16H2,1-3H3. The number of fused-ring (bicyclic) bond motifs is 1. The van der Waals surface area contributed by atoms with Gasteiger partial charge >= 0.3 is 6.09 Å². The fourth-order valence-electron chi connectivity index (χ4n) is 4.96. The van der Waals surface area contributed by atoms with Gasteiger partial charge in [0, 0.05) is 24.4 Å². The zero-order valence-corrected chi connectivity index (χ0v) is 21.5. The van der Waals surface area contributed by atoms with Gasteiger partial charge in [-0.1, -0.05) is 0 Å². The average Bonchev–Trinajstić information content (AvgIpc) is 3.28. The van der Waals surface area contributed by atoms with E-state index in [-0.39, 0.29) is 23.4 Å². The molecule has 10 heteroatoms. The molecule has 1 amide bonds. The quantitative estimate of drug-likeness (QED) is 0.426. The number of nitriles is 1. The Kier molecular flexibility index (Phi) is 6.65. The first-order valence-electron chi connectivity index (χ1n) is 12.5. The van der Waals surface area contributed by atoms with Crippen LogP contribution in [0.15, 0.2) is 36.4 Å². The highest BCUT2D eigenvalue weighted by molar-refractivity contribution is 5.80. The van der Waals surface area contributed by atoms with Crippen molar-refractivity contribution < 1.29 is 27.8 Å². The molecule has 0 radical (unpaired) electrons. The van der Waals surface area contributed by atoms with Gasteiger partial charge in [-0.3, -0.25) is 0 Å². The molecule has 2 saturated heterocycles. The van der Waals surface area contributed by atoms with E-state index in [0.717, 1.165) is 24.2 Å². The molecule has 2 aliphatic rings. The van der Waals surface area contributed by atoms with E-state index in [1.165, 1.54) is 0 Å². The van der Waals surface area contributed by atoms with Gasteiger partial charge < -0.3 is 19.1 Å². The third-order valence-corrected chi connectivity index (χ3v) is 6.92. The van der Waals surface area contributed by atoms with Crippen LogP contribution in [-0.2, 0) is 9.47 Å². The van der Waals surface area contributed by atoms with Crippen LogP contribution in [0.25, 0.3) is 10.9 Å². The predicted octanol–water partition coefficient (Wildman–Crippen LogP) is 5.85. The maximum Gasteiger partial charge on any atom is 0.410 e. The zero-order valence-electron chi connectivity index (χ0n) is 21.5. The first-order chi connectivity index (χ1) is 18.1. The largest absolute Gasteiger partial charge is 0.453 e. The van der Waals surface area contributed by atoms with E-state index in [2.05, 4.69) is 10.2 Å². The number of amides is 1. The molecule has 198 valence electrons. The fourth-order valence-corrected chi connectivity index (χ4v) is 4.96. The molecule has 3 aromatic rings. The van der Waals surface area contributed by atoms with Gasteiger partial charge in [-0.05, 0) is 76.4 Å². The predicted molar refractivity (Wildman–Crippen MR) is 134 cm³/mol. The van der Waals surface area contributed by atoms with Crippen LogP contribution in [-0.4, -0.2) is 52.1 Å². The van der Waals surface area contributed by atoms with E-state index in [0.29, 0.717) is 43.4 Å². The summed E-state index contributed by atoms with van der Waals surface area (Å²) < 4.78 is 45.6. The van der Waals surface area contributed by atoms with E-state index in [1.54, 1.807) is 29.2 Å². The Balaban J connectivity index is 1.30. The van der Waals surface area contributed by atoms with Gasteiger partial charge in [0.15, 0.2) is 11.6 Å². The number of likely N-dealkylation sites (tertiary alicyclic amines) is 1. The molecular weight excluding hydrogens is 494 g/mol. The number of halogens is 2. The minimum atomic E-state index is -0.857. The van der Waals surface area contributed by atoms with Crippen molar-refractivity contribution in [1.82, 2.24) is 15.1 Å². The zero-order chi connectivity index (χ0) is 27.1. The number of piperidine rings is 1. The van der Waals surface area contributed by atoms with Crippen molar-refractivity contribution in [3.8, 4) is 17.6 Å². The Bertz CT molecular complexity index is 1420. The highest BCUT2D eigenvalue weighted by Gasteiger charge is 2.44. The molecule has 0 bridgehead atoms. The van der Waals surface area contributed by atoms with Crippen LogP contribution in [0.2, 0.25) is 0 Å². The molecule has 3 heterocycles. The van der Waals surface area contributed by atoms with E-state index in [9.17, 15) is 18.8 Å². The first-order valence-corrected chi connectivity index (χ1v) is 12.5. The van der Waals surface area contributed by atoms with Crippen molar-refractivity contribution in [2.75, 3.05) is 19.7 Å². The smallest absolute Gasteiger partial charge is 0.410 e. The summed E-state index contributed by atoms with van der Waals surface area (Å²) in [5, 5.41) is 18.7. The maximum atomic E-state index is 14.3. The lowest BCUT2D eigenvalue weighted by Crippen LogP contribution is -2.47. The number of benzene rings is 2. The lowest BCUT2D eigenvalue weighted by molar-refractivity contribution is -0.0485. The van der Waals surface area contributed by atoms with Gasteiger partial charge in [0.05, 0.1) is 23.4 Å². The second-order valence-corrected chi connectivity index (χ2v) is 10.8. The molecule has 1 aromatic heterocycles. The summed E-state index contributed by atoms with van der Waals surface area (Å²) in [5.74, 6) is -1.88. The van der Waals surface area contributed by atoms with Crippen LogP contribution >= 0.6 is 0 Å². The average molecular weight is 523 g/mol. The number of hydrogen-bond acceptors (Lipinski definition) is 7. The van der Waals surface area contributed by atoms with Crippen LogP contribution in [0.3, 0.4) is 0 Å². The van der Waals surface area contributed by atoms with Crippen molar-refractivity contribution in [2.24, 2.45) is 0 Å². The number of carbonyl (C=O) groups is 1. The van der Waals surface area contributed by atoms with Gasteiger partial charge in [0.1, 0.15) is 28.8 Å². The number of aromatic nitrogens is 2. The lowest BCUT2D eigenvalue weighted by atomic mass is 9.84. The van der Waals surface area contributed by atoms with Crippen LogP contribution in [0, 0.1) is 23.0 Å². The minimum Gasteiger partial charge on any atom is -0.453 e. The van der Waals surface area contributed by atoms with Crippen molar-refractivity contribution in [1.29, 1.82) is 5.26 Å². The highest BCUT2D eigenvalue weighted by Crippen LogP contribution is 2.43. The second kappa shape index (κ2) is 9.80. The van der Waals surface area contributed by atoms with E-state index in [4.69, 9.17) is 14.2 Å². The summed E-state index contributed by atoms with van der Waals surface area (Å²) in [6.45, 7) is 7.17. The molecule has 1 spiro atoms. The Morgan fingerprint density at radius 2 is 1.87 bits per heavy atom. The van der Waals surface area contributed by atoms with E-state index in [1.807, 2.05) is 26.8 Å². The highest BCUT2D eigenvalue weighted by atomic mass is 19.1. The van der Waals surface area contributed by atoms with Gasteiger partial charge in [0.25, 0.3) is 0 Å². The molecule has 2 aromatic carbocycles. The lowest BCUT2D eigenvalue weighted by Gasteiger charge is -2.39. The topological polar surface area (TPSA) is 97.6 Å². The molecule has 1 unspecified atom stereocenters. The number of rotatable bonds is 3. The summed E-state index contributed by atoms with van der Waals surface area (Å²) in [5.41, 5.74) is 0.0126. The van der Waals surface area contributed by atoms with Crippen LogP contribution < -0.4 is 4.74 Å². The second-order valence-electron chi connectivity index (χ2n) is 10.8. The number of nitrogens with zero attached hydrogens (tertiary/aromatic N) is 4. The molecule has 2 aliphatic heterocycles. The number of carbonyl (C=O) groups excluding carboxylic acids is 1. The van der Waals surface area contributed by atoms with Crippen LogP contribution in [0.4, 0.5) is 13.6 Å². The van der Waals surface area contributed by atoms with Gasteiger partial charge in [-0.15, -0.1) is 0 Å². The van der Waals surface area contributed by atoms with E-state index >= 15 is 0 Å². The van der Waals surface area contributed by atoms with Gasteiger partial charge in [0.2, 0.25) is 0 Å². The molecule has 0 N–H and O–H groups in total. The molecule has 1 atom stereocenters. The van der Waals surface area contributed by atoms with Crippen molar-refractivity contribution in [3.05, 3.63) is 59.3 Å². The molecule has 38 heavy (non-hydrogen) atoms. The fraction of sp³-hybridized carbons (Fsp3) is 0.429. The van der Waals surface area contributed by atoms with Crippen molar-refractivity contribution in [2.45, 2.75) is 57.2 Å². The number of hydrogen-bond donors (Lipinski definition) is 0. The molecule has 8 nitrogen and oxygen atoms in total. The van der Waals surface area contributed by atoms with Crippen molar-refractivity contribution >= 4 is 17.0 Å². The third-order valence-electron chi connectivity index (χ3n) is 6.92. The molecule has 0 aliphatic carbocycles. The van der Waals surface area contributed by atoms with Gasteiger partial charge in [-0.2, -0.15) is 15.5 Å². The first kappa shape index (κ1) is 25.8. The Morgan fingerprint density at radius 1 is 1.13 bits per heavy atom. The van der Waals surface area contributed by atoms with Gasteiger partial charge in [-0.25, -0.2) is 13.6 Å². The number of ether oxygens (including phenoxy) is 3. The summed E-state index contributed by atoms with van der Waals surface area (Å²) in [4.78, 5) is 14.1.